The summed E-state index contributed by atoms with van der Waals surface area (Å²) in [6.07, 6.45) is 1.53. The lowest BCUT2D eigenvalue weighted by Crippen LogP contribution is -1.88. The summed E-state index contributed by atoms with van der Waals surface area (Å²) in [6, 6.07) is 7.27. The molecule has 0 saturated heterocycles. The number of aromatic nitrogens is 3. The van der Waals surface area contributed by atoms with E-state index >= 15 is 0 Å². The molecule has 0 spiro atoms. The highest BCUT2D eigenvalue weighted by Crippen LogP contribution is 2.28. The van der Waals surface area contributed by atoms with Crippen molar-refractivity contribution in [3.05, 3.63) is 40.6 Å². The summed E-state index contributed by atoms with van der Waals surface area (Å²) in [5.41, 5.74) is 1.23. The zero-order valence-electron chi connectivity index (χ0n) is 8.04. The largest absolute Gasteiger partial charge is 0.358 e. The maximum absolute atomic E-state index is 10.8. The highest BCUT2D eigenvalue weighted by atomic mass is 16.6. The molecule has 0 aliphatic carbocycles. The first-order valence-corrected chi connectivity index (χ1v) is 4.63. The van der Waals surface area contributed by atoms with Crippen LogP contribution < -0.4 is 0 Å². The van der Waals surface area contributed by atoms with Gasteiger partial charge >= 0.3 is 5.82 Å². The van der Waals surface area contributed by atoms with Crippen LogP contribution in [0.25, 0.3) is 21.8 Å². The maximum atomic E-state index is 10.8. The molecule has 0 unspecified atom stereocenters. The third-order valence-corrected chi connectivity index (χ3v) is 2.46. The van der Waals surface area contributed by atoms with Gasteiger partial charge in [-0.25, -0.2) is 0 Å². The van der Waals surface area contributed by atoms with Gasteiger partial charge in [0.2, 0.25) is 0 Å². The van der Waals surface area contributed by atoms with E-state index in [4.69, 9.17) is 0 Å². The lowest BCUT2D eigenvalue weighted by molar-refractivity contribution is -0.387. The molecule has 0 fully saturated rings. The minimum Gasteiger partial charge on any atom is -0.358 e. The molecule has 2 heterocycles. The Balaban J connectivity index is 2.56. The number of hydrogen-bond donors (Lipinski definition) is 1. The van der Waals surface area contributed by atoms with Gasteiger partial charge in [-0.05, 0) is 11.0 Å². The number of nitro groups is 1. The van der Waals surface area contributed by atoms with Crippen molar-refractivity contribution in [2.75, 3.05) is 0 Å². The summed E-state index contributed by atoms with van der Waals surface area (Å²) >= 11 is 0. The Hall–Kier alpha value is -2.50. The van der Waals surface area contributed by atoms with E-state index in [-0.39, 0.29) is 5.82 Å². The third-order valence-electron chi connectivity index (χ3n) is 2.46. The highest BCUT2D eigenvalue weighted by molar-refractivity contribution is 6.08. The lowest BCUT2D eigenvalue weighted by Gasteiger charge is -1.97. The number of H-pyrrole nitrogens is 1. The molecule has 6 nitrogen and oxygen atoms in total. The Morgan fingerprint density at radius 3 is 2.88 bits per heavy atom. The van der Waals surface area contributed by atoms with Crippen LogP contribution in [0.5, 0.6) is 0 Å². The number of aromatic amines is 1. The van der Waals surface area contributed by atoms with Crippen LogP contribution in [0.1, 0.15) is 0 Å². The predicted octanol–water partition coefficient (Wildman–Crippen LogP) is 2.02. The predicted molar refractivity (Wildman–Crippen MR) is 58.0 cm³/mol. The van der Waals surface area contributed by atoms with E-state index in [0.717, 1.165) is 10.9 Å². The van der Waals surface area contributed by atoms with E-state index in [2.05, 4.69) is 15.2 Å². The molecule has 0 aliphatic rings. The van der Waals surface area contributed by atoms with Gasteiger partial charge in [0.05, 0.1) is 11.7 Å². The fraction of sp³-hybridized carbons (Fsp3) is 0. The molecule has 78 valence electrons. The lowest BCUT2D eigenvalue weighted by atomic mass is 10.1. The van der Waals surface area contributed by atoms with Gasteiger partial charge in [0.15, 0.2) is 0 Å². The zero-order chi connectivity index (χ0) is 11.1. The number of benzene rings is 1. The van der Waals surface area contributed by atoms with Gasteiger partial charge in [-0.1, -0.05) is 23.3 Å². The molecule has 0 bridgehead atoms. The fourth-order valence-electron chi connectivity index (χ4n) is 1.77. The number of rotatable bonds is 1. The second-order valence-corrected chi connectivity index (χ2v) is 3.36. The molecule has 1 N–H and O–H groups in total. The van der Waals surface area contributed by atoms with Crippen LogP contribution >= 0.6 is 0 Å². The van der Waals surface area contributed by atoms with Crippen LogP contribution in [0.15, 0.2) is 30.5 Å². The van der Waals surface area contributed by atoms with Crippen molar-refractivity contribution in [2.24, 2.45) is 0 Å². The zero-order valence-corrected chi connectivity index (χ0v) is 8.04. The van der Waals surface area contributed by atoms with E-state index in [1.165, 1.54) is 6.20 Å². The molecular weight excluding hydrogens is 208 g/mol. The standard InChI is InChI=1S/C10H6N4O2/c15-14(16)10-9-6-3-1-2-4-7(6)11-5-8(9)12-13-10/h1-5H,(H,12,13). The first-order valence-electron chi connectivity index (χ1n) is 4.63. The minimum atomic E-state index is -0.470. The number of fused-ring (bicyclic) bond motifs is 3. The van der Waals surface area contributed by atoms with E-state index in [0.29, 0.717) is 10.9 Å². The first-order chi connectivity index (χ1) is 7.77. The molecule has 16 heavy (non-hydrogen) atoms. The third kappa shape index (κ3) is 1.07. The molecule has 2 aromatic heterocycles. The summed E-state index contributed by atoms with van der Waals surface area (Å²) in [5, 5.41) is 18.4. The van der Waals surface area contributed by atoms with Crippen molar-refractivity contribution in [1.29, 1.82) is 0 Å². The van der Waals surface area contributed by atoms with Crippen molar-refractivity contribution < 1.29 is 4.92 Å². The monoisotopic (exact) mass is 214 g/mol. The van der Waals surface area contributed by atoms with Crippen molar-refractivity contribution >= 4 is 27.6 Å². The molecule has 1 aromatic carbocycles. The Labute approximate surface area is 89.1 Å². The number of pyridine rings is 1. The molecule has 0 radical (unpaired) electrons. The number of nitrogens with zero attached hydrogens (tertiary/aromatic N) is 3. The second-order valence-electron chi connectivity index (χ2n) is 3.36. The summed E-state index contributed by atoms with van der Waals surface area (Å²) in [4.78, 5) is 14.5. The van der Waals surface area contributed by atoms with Gasteiger partial charge < -0.3 is 10.1 Å². The van der Waals surface area contributed by atoms with Gasteiger partial charge in [-0.3, -0.25) is 4.98 Å². The minimum absolute atomic E-state index is 0.0893. The molecule has 0 amide bonds. The quantitative estimate of drug-likeness (QED) is 0.496. The second kappa shape index (κ2) is 2.99. The molecule has 0 aliphatic heterocycles. The first kappa shape index (κ1) is 8.78. The molecule has 0 saturated carbocycles. The van der Waals surface area contributed by atoms with Crippen LogP contribution in [-0.2, 0) is 0 Å². The van der Waals surface area contributed by atoms with Crippen LogP contribution in [0.4, 0.5) is 5.82 Å². The Morgan fingerprint density at radius 1 is 1.25 bits per heavy atom. The van der Waals surface area contributed by atoms with E-state index in [1.807, 2.05) is 18.2 Å². The van der Waals surface area contributed by atoms with E-state index < -0.39 is 4.92 Å². The van der Waals surface area contributed by atoms with Gasteiger partial charge in [0.25, 0.3) is 0 Å². The van der Waals surface area contributed by atoms with Crippen LogP contribution in [0.2, 0.25) is 0 Å². The Kier molecular flexibility index (Phi) is 1.64. The van der Waals surface area contributed by atoms with Crippen molar-refractivity contribution in [3.63, 3.8) is 0 Å². The number of hydrogen-bond acceptors (Lipinski definition) is 4. The SMILES string of the molecule is O=[N+]([O-])c1[nH]nc2cnc3ccccc3c12. The smallest absolute Gasteiger partial charge is 0.351 e. The van der Waals surface area contributed by atoms with Gasteiger partial charge in [-0.2, -0.15) is 0 Å². The van der Waals surface area contributed by atoms with E-state index in [1.54, 1.807) is 6.07 Å². The van der Waals surface area contributed by atoms with E-state index in [9.17, 15) is 10.1 Å². The molecule has 3 aromatic rings. The number of para-hydroxylation sites is 1. The van der Waals surface area contributed by atoms with Crippen molar-refractivity contribution in [2.45, 2.75) is 0 Å². The summed E-state index contributed by atoms with van der Waals surface area (Å²) in [5.74, 6) is -0.0893. The van der Waals surface area contributed by atoms with Crippen LogP contribution in [0, 0.1) is 10.1 Å². The van der Waals surface area contributed by atoms with Crippen molar-refractivity contribution in [1.82, 2.24) is 15.2 Å². The average molecular weight is 214 g/mol. The van der Waals surface area contributed by atoms with Crippen LogP contribution in [0.3, 0.4) is 0 Å². The summed E-state index contributed by atoms with van der Waals surface area (Å²) in [6.45, 7) is 0. The molecule has 3 rings (SSSR count). The fourth-order valence-corrected chi connectivity index (χ4v) is 1.77. The number of nitrogens with one attached hydrogen (secondary N) is 1. The molecular formula is C10H6N4O2. The van der Waals surface area contributed by atoms with Crippen LogP contribution in [-0.4, -0.2) is 20.1 Å². The molecule has 0 atom stereocenters. The Morgan fingerprint density at radius 2 is 2.06 bits per heavy atom. The summed E-state index contributed by atoms with van der Waals surface area (Å²) < 4.78 is 0. The normalized spacial score (nSPS) is 11.0. The molecule has 6 heteroatoms. The van der Waals surface area contributed by atoms with Crippen molar-refractivity contribution in [3.8, 4) is 0 Å². The van der Waals surface area contributed by atoms with Gasteiger partial charge in [0, 0.05) is 5.39 Å². The van der Waals surface area contributed by atoms with Gasteiger partial charge in [0.1, 0.15) is 10.9 Å². The van der Waals surface area contributed by atoms with Gasteiger partial charge in [-0.15, -0.1) is 5.10 Å². The highest BCUT2D eigenvalue weighted by Gasteiger charge is 2.17. The maximum Gasteiger partial charge on any atom is 0.351 e. The Bertz CT molecular complexity index is 704. The topological polar surface area (TPSA) is 84.7 Å². The summed E-state index contributed by atoms with van der Waals surface area (Å²) in [7, 11) is 0. The average Bonchev–Trinajstić information content (AvgIpc) is 2.73.